The van der Waals surface area contributed by atoms with Gasteiger partial charge in [-0.25, -0.2) is 9.18 Å². The van der Waals surface area contributed by atoms with E-state index in [9.17, 15) is 14.0 Å². The fourth-order valence-corrected chi connectivity index (χ4v) is 2.54. The van der Waals surface area contributed by atoms with Crippen LogP contribution in [0.5, 0.6) is 0 Å². The van der Waals surface area contributed by atoms with Gasteiger partial charge in [0.25, 0.3) is 0 Å². The van der Waals surface area contributed by atoms with E-state index in [-0.39, 0.29) is 23.2 Å². The second-order valence-corrected chi connectivity index (χ2v) is 4.90. The fraction of sp³-hybridized carbons (Fsp3) is 0.429. The van der Waals surface area contributed by atoms with Gasteiger partial charge < -0.3 is 15.3 Å². The summed E-state index contributed by atoms with van der Waals surface area (Å²) in [5, 5.41) is 12.0. The predicted octanol–water partition coefficient (Wildman–Crippen LogP) is 1.63. The summed E-state index contributed by atoms with van der Waals surface area (Å²) in [4.78, 5) is 23.9. The van der Waals surface area contributed by atoms with Crippen molar-refractivity contribution >= 4 is 17.6 Å². The molecule has 20 heavy (non-hydrogen) atoms. The third kappa shape index (κ3) is 3.07. The third-order valence-electron chi connectivity index (χ3n) is 3.44. The second-order valence-electron chi connectivity index (χ2n) is 4.90. The predicted molar refractivity (Wildman–Crippen MR) is 72.4 cm³/mol. The number of anilines is 1. The van der Waals surface area contributed by atoms with E-state index < -0.39 is 11.8 Å². The number of para-hydroxylation sites is 1. The van der Waals surface area contributed by atoms with Gasteiger partial charge in [-0.3, -0.25) is 4.79 Å². The topological polar surface area (TPSA) is 69.6 Å². The number of amides is 1. The number of carbonyl (C=O) groups excluding carboxylic acids is 1. The van der Waals surface area contributed by atoms with E-state index in [1.165, 1.54) is 25.1 Å². The first kappa shape index (κ1) is 14.3. The summed E-state index contributed by atoms with van der Waals surface area (Å²) in [5.41, 5.74) is 0.115. The molecule has 0 atom stereocenters. The number of nitrogens with zero attached hydrogens (tertiary/aromatic N) is 1. The number of carbonyl (C=O) groups is 2. The minimum Gasteiger partial charge on any atom is -0.478 e. The van der Waals surface area contributed by atoms with Crippen LogP contribution in [-0.4, -0.2) is 36.1 Å². The summed E-state index contributed by atoms with van der Waals surface area (Å²) in [6.07, 6.45) is 1.35. The van der Waals surface area contributed by atoms with E-state index in [0.717, 1.165) is 0 Å². The Morgan fingerprint density at radius 3 is 2.55 bits per heavy atom. The van der Waals surface area contributed by atoms with Gasteiger partial charge in [-0.2, -0.15) is 0 Å². The quantitative estimate of drug-likeness (QED) is 0.883. The SMILES string of the molecule is CC(=O)NC1CCN(c2c(F)cccc2C(=O)O)CC1. The van der Waals surface area contributed by atoms with Gasteiger partial charge in [0.05, 0.1) is 11.3 Å². The number of piperidine rings is 1. The van der Waals surface area contributed by atoms with Gasteiger partial charge in [0.15, 0.2) is 0 Å². The Kier molecular flexibility index (Phi) is 4.22. The van der Waals surface area contributed by atoms with Crippen LogP contribution in [-0.2, 0) is 4.79 Å². The molecule has 1 heterocycles. The molecule has 2 rings (SSSR count). The van der Waals surface area contributed by atoms with Gasteiger partial charge in [0.2, 0.25) is 5.91 Å². The van der Waals surface area contributed by atoms with Crippen LogP contribution < -0.4 is 10.2 Å². The lowest BCUT2D eigenvalue weighted by molar-refractivity contribution is -0.119. The number of carboxylic acids is 1. The summed E-state index contributed by atoms with van der Waals surface area (Å²) in [5.74, 6) is -1.74. The molecule has 0 bridgehead atoms. The van der Waals surface area contributed by atoms with Crippen molar-refractivity contribution in [2.45, 2.75) is 25.8 Å². The van der Waals surface area contributed by atoms with Crippen molar-refractivity contribution in [2.75, 3.05) is 18.0 Å². The number of nitrogens with one attached hydrogen (secondary N) is 1. The Balaban J connectivity index is 2.14. The molecule has 1 saturated heterocycles. The molecule has 6 heteroatoms. The third-order valence-corrected chi connectivity index (χ3v) is 3.44. The summed E-state index contributed by atoms with van der Waals surface area (Å²) in [6.45, 7) is 2.50. The van der Waals surface area contributed by atoms with Crippen molar-refractivity contribution in [3.63, 3.8) is 0 Å². The molecule has 1 fully saturated rings. The molecule has 2 N–H and O–H groups in total. The van der Waals surface area contributed by atoms with Crippen LogP contribution in [0.1, 0.15) is 30.1 Å². The van der Waals surface area contributed by atoms with Crippen molar-refractivity contribution in [1.29, 1.82) is 0 Å². The standard InChI is InChI=1S/C14H17FN2O3/c1-9(18)16-10-5-7-17(8-6-10)13-11(14(19)20)3-2-4-12(13)15/h2-4,10H,5-8H2,1H3,(H,16,18)(H,19,20). The maximum Gasteiger partial charge on any atom is 0.337 e. The molecule has 0 aliphatic carbocycles. The highest BCUT2D eigenvalue weighted by Gasteiger charge is 2.25. The Morgan fingerprint density at radius 2 is 2.00 bits per heavy atom. The number of benzene rings is 1. The van der Waals surface area contributed by atoms with E-state index in [4.69, 9.17) is 5.11 Å². The summed E-state index contributed by atoms with van der Waals surface area (Å²) >= 11 is 0. The fourth-order valence-electron chi connectivity index (χ4n) is 2.54. The van der Waals surface area contributed by atoms with E-state index in [1.54, 1.807) is 4.90 Å². The van der Waals surface area contributed by atoms with Gasteiger partial charge in [-0.15, -0.1) is 0 Å². The minimum atomic E-state index is -1.14. The number of halogens is 1. The van der Waals surface area contributed by atoms with Crippen LogP contribution in [0.3, 0.4) is 0 Å². The van der Waals surface area contributed by atoms with Crippen LogP contribution in [0.4, 0.5) is 10.1 Å². The molecule has 0 radical (unpaired) electrons. The molecule has 108 valence electrons. The maximum absolute atomic E-state index is 13.9. The number of hydrogen-bond donors (Lipinski definition) is 2. The molecule has 0 unspecified atom stereocenters. The normalized spacial score (nSPS) is 16.0. The smallest absolute Gasteiger partial charge is 0.337 e. The zero-order valence-corrected chi connectivity index (χ0v) is 11.2. The number of rotatable bonds is 3. The Morgan fingerprint density at radius 1 is 1.35 bits per heavy atom. The van der Waals surface area contributed by atoms with Gasteiger partial charge in [-0.1, -0.05) is 6.07 Å². The lowest BCUT2D eigenvalue weighted by atomic mass is 10.0. The van der Waals surface area contributed by atoms with E-state index in [1.807, 2.05) is 0 Å². The molecule has 5 nitrogen and oxygen atoms in total. The van der Waals surface area contributed by atoms with Crippen molar-refractivity contribution in [3.8, 4) is 0 Å². The molecular weight excluding hydrogens is 263 g/mol. The molecule has 1 aromatic carbocycles. The van der Waals surface area contributed by atoms with Crippen LogP contribution in [0, 0.1) is 5.82 Å². The number of hydrogen-bond acceptors (Lipinski definition) is 3. The molecule has 0 spiro atoms. The first-order chi connectivity index (χ1) is 9.49. The number of carboxylic acid groups (broad SMARTS) is 1. The van der Waals surface area contributed by atoms with Crippen molar-refractivity contribution in [1.82, 2.24) is 5.32 Å². The zero-order chi connectivity index (χ0) is 14.7. The molecule has 1 amide bonds. The summed E-state index contributed by atoms with van der Waals surface area (Å²) in [6, 6.07) is 4.14. The highest BCUT2D eigenvalue weighted by Crippen LogP contribution is 2.27. The van der Waals surface area contributed by atoms with Gasteiger partial charge in [-0.05, 0) is 25.0 Å². The molecule has 1 aliphatic heterocycles. The van der Waals surface area contributed by atoms with Crippen LogP contribution in [0.25, 0.3) is 0 Å². The molecule has 0 aromatic heterocycles. The van der Waals surface area contributed by atoms with E-state index in [2.05, 4.69) is 5.32 Å². The van der Waals surface area contributed by atoms with Crippen molar-refractivity contribution in [3.05, 3.63) is 29.6 Å². The van der Waals surface area contributed by atoms with E-state index in [0.29, 0.717) is 25.9 Å². The summed E-state index contributed by atoms with van der Waals surface area (Å²) < 4.78 is 13.9. The van der Waals surface area contributed by atoms with Crippen molar-refractivity contribution in [2.24, 2.45) is 0 Å². The average molecular weight is 280 g/mol. The minimum absolute atomic E-state index is 0.0250. The van der Waals surface area contributed by atoms with Crippen molar-refractivity contribution < 1.29 is 19.1 Å². The average Bonchev–Trinajstić information content (AvgIpc) is 2.39. The number of aromatic carboxylic acids is 1. The Bertz CT molecular complexity index is 525. The summed E-state index contributed by atoms with van der Waals surface area (Å²) in [7, 11) is 0. The van der Waals surface area contributed by atoms with Gasteiger partial charge >= 0.3 is 5.97 Å². The monoisotopic (exact) mass is 280 g/mol. The lowest BCUT2D eigenvalue weighted by Crippen LogP contribution is -2.44. The first-order valence-corrected chi connectivity index (χ1v) is 6.53. The van der Waals surface area contributed by atoms with Crippen LogP contribution in [0.15, 0.2) is 18.2 Å². The largest absolute Gasteiger partial charge is 0.478 e. The highest BCUT2D eigenvalue weighted by atomic mass is 19.1. The second kappa shape index (κ2) is 5.90. The van der Waals surface area contributed by atoms with Crippen LogP contribution >= 0.6 is 0 Å². The first-order valence-electron chi connectivity index (χ1n) is 6.53. The maximum atomic E-state index is 13.9. The molecular formula is C14H17FN2O3. The van der Waals surface area contributed by atoms with Gasteiger partial charge in [0.1, 0.15) is 5.82 Å². The van der Waals surface area contributed by atoms with Gasteiger partial charge in [0, 0.05) is 26.1 Å². The molecule has 1 aliphatic rings. The Hall–Kier alpha value is -2.11. The molecule has 1 aromatic rings. The van der Waals surface area contributed by atoms with Crippen LogP contribution in [0.2, 0.25) is 0 Å². The highest BCUT2D eigenvalue weighted by molar-refractivity contribution is 5.94. The Labute approximate surface area is 116 Å². The molecule has 0 saturated carbocycles. The van der Waals surface area contributed by atoms with E-state index >= 15 is 0 Å². The zero-order valence-electron chi connectivity index (χ0n) is 11.2. The lowest BCUT2D eigenvalue weighted by Gasteiger charge is -2.34.